The molecule has 30 heavy (non-hydrogen) atoms. The van der Waals surface area contributed by atoms with Crippen molar-refractivity contribution in [3.05, 3.63) is 42.0 Å². The number of hydrogen-bond donors (Lipinski definition) is 0. The highest BCUT2D eigenvalue weighted by Crippen LogP contribution is 2.51. The molecule has 9 heteroatoms. The van der Waals surface area contributed by atoms with Gasteiger partial charge in [0.05, 0.1) is 24.2 Å². The maximum Gasteiger partial charge on any atom is 0.330 e. The summed E-state index contributed by atoms with van der Waals surface area (Å²) in [7, 11) is 0. The van der Waals surface area contributed by atoms with Gasteiger partial charge in [-0.15, -0.1) is 0 Å². The Balaban J connectivity index is 1.61. The van der Waals surface area contributed by atoms with Crippen LogP contribution in [0.5, 0.6) is 5.75 Å². The van der Waals surface area contributed by atoms with E-state index in [-0.39, 0.29) is 26.1 Å². The topological polar surface area (TPSA) is 122 Å². The first-order valence-corrected chi connectivity index (χ1v) is 9.45. The van der Waals surface area contributed by atoms with E-state index in [0.717, 1.165) is 6.08 Å². The van der Waals surface area contributed by atoms with Crippen molar-refractivity contribution in [1.82, 2.24) is 0 Å². The second-order valence-electron chi connectivity index (χ2n) is 7.28. The van der Waals surface area contributed by atoms with Crippen LogP contribution in [0.25, 0.3) is 0 Å². The van der Waals surface area contributed by atoms with E-state index in [1.807, 2.05) is 0 Å². The molecule has 4 atom stereocenters. The van der Waals surface area contributed by atoms with Gasteiger partial charge in [-0.3, -0.25) is 19.2 Å². The van der Waals surface area contributed by atoms with E-state index in [0.29, 0.717) is 16.9 Å². The van der Waals surface area contributed by atoms with Gasteiger partial charge in [-0.25, -0.2) is 4.79 Å². The fourth-order valence-corrected chi connectivity index (χ4v) is 4.31. The summed E-state index contributed by atoms with van der Waals surface area (Å²) in [5, 5.41) is 0. The molecule has 0 spiro atoms. The van der Waals surface area contributed by atoms with Crippen molar-refractivity contribution in [2.45, 2.75) is 24.7 Å². The van der Waals surface area contributed by atoms with Gasteiger partial charge in [0, 0.05) is 6.08 Å². The molecule has 0 saturated carbocycles. The zero-order valence-electron chi connectivity index (χ0n) is 15.8. The van der Waals surface area contributed by atoms with Crippen LogP contribution < -0.4 is 4.74 Å². The van der Waals surface area contributed by atoms with Crippen LogP contribution >= 0.6 is 0 Å². The summed E-state index contributed by atoms with van der Waals surface area (Å²) in [6.45, 7) is 3.38. The van der Waals surface area contributed by atoms with Gasteiger partial charge in [-0.1, -0.05) is 12.6 Å². The second-order valence-corrected chi connectivity index (χ2v) is 7.28. The molecule has 1 aromatic rings. The van der Waals surface area contributed by atoms with E-state index in [1.54, 1.807) is 18.2 Å². The molecule has 2 aliphatic heterocycles. The lowest BCUT2D eigenvalue weighted by Crippen LogP contribution is -2.31. The quantitative estimate of drug-likeness (QED) is 0.222. The van der Waals surface area contributed by atoms with Gasteiger partial charge in [0.25, 0.3) is 0 Å². The van der Waals surface area contributed by atoms with Gasteiger partial charge in [-0.2, -0.15) is 0 Å². The smallest absolute Gasteiger partial charge is 0.330 e. The van der Waals surface area contributed by atoms with Crippen molar-refractivity contribution in [3.8, 4) is 5.75 Å². The van der Waals surface area contributed by atoms with Crippen molar-refractivity contribution < 1.29 is 42.9 Å². The number of cyclic esters (lactones) is 4. The maximum absolute atomic E-state index is 12.3. The van der Waals surface area contributed by atoms with E-state index in [1.165, 1.54) is 0 Å². The second kappa shape index (κ2) is 7.74. The molecule has 1 aliphatic carbocycles. The predicted octanol–water partition coefficient (Wildman–Crippen LogP) is 1.15. The van der Waals surface area contributed by atoms with E-state index < -0.39 is 53.5 Å². The highest BCUT2D eigenvalue weighted by molar-refractivity contribution is 6.01. The lowest BCUT2D eigenvalue weighted by molar-refractivity contribution is -0.155. The van der Waals surface area contributed by atoms with Crippen molar-refractivity contribution in [2.75, 3.05) is 13.2 Å². The largest absolute Gasteiger partial charge is 0.490 e. The lowest BCUT2D eigenvalue weighted by Gasteiger charge is -2.33. The van der Waals surface area contributed by atoms with Crippen molar-refractivity contribution in [1.29, 1.82) is 0 Å². The average Bonchev–Trinajstić information content (AvgIpc) is 3.21. The minimum Gasteiger partial charge on any atom is -0.490 e. The Morgan fingerprint density at radius 3 is 2.47 bits per heavy atom. The standard InChI is InChI=1S/C21H18O9/c1-2-16(22)28-6-5-27-10-3-4-11-12(14-9-17(23)29-19(14)24)8-15-18(13(11)7-10)21(26)30-20(15)25/h2-4,7,12,14-15,18H,1,5-6,8-9H2. The molecule has 3 aliphatic rings. The third-order valence-corrected chi connectivity index (χ3v) is 5.61. The van der Waals surface area contributed by atoms with Crippen LogP contribution in [0, 0.1) is 11.8 Å². The molecule has 0 aromatic heterocycles. The highest BCUT2D eigenvalue weighted by Gasteiger charge is 2.53. The molecule has 2 saturated heterocycles. The summed E-state index contributed by atoms with van der Waals surface area (Å²) in [4.78, 5) is 59.3. The van der Waals surface area contributed by atoms with E-state index in [2.05, 4.69) is 11.3 Å². The Morgan fingerprint density at radius 1 is 1.00 bits per heavy atom. The summed E-state index contributed by atoms with van der Waals surface area (Å²) >= 11 is 0. The first-order valence-electron chi connectivity index (χ1n) is 9.45. The zero-order chi connectivity index (χ0) is 21.4. The number of carbonyl (C=O) groups is 5. The minimum absolute atomic E-state index is 0.00711. The molecule has 4 rings (SSSR count). The van der Waals surface area contributed by atoms with Crippen molar-refractivity contribution >= 4 is 29.8 Å². The first kappa shape index (κ1) is 19.8. The Labute approximate surface area is 170 Å². The van der Waals surface area contributed by atoms with Crippen LogP contribution in [-0.4, -0.2) is 43.1 Å². The molecular formula is C21H18O9. The summed E-state index contributed by atoms with van der Waals surface area (Å²) in [5.74, 6) is -5.38. The predicted molar refractivity (Wildman–Crippen MR) is 97.0 cm³/mol. The van der Waals surface area contributed by atoms with Gasteiger partial charge in [0.1, 0.15) is 19.0 Å². The Bertz CT molecular complexity index is 963. The fourth-order valence-electron chi connectivity index (χ4n) is 4.31. The molecule has 156 valence electrons. The van der Waals surface area contributed by atoms with Crippen LogP contribution in [0.2, 0.25) is 0 Å². The van der Waals surface area contributed by atoms with Gasteiger partial charge < -0.3 is 18.9 Å². The molecular weight excluding hydrogens is 396 g/mol. The van der Waals surface area contributed by atoms with Crippen LogP contribution in [0.1, 0.15) is 35.8 Å². The number of fused-ring (bicyclic) bond motifs is 3. The number of carbonyl (C=O) groups excluding carboxylic acids is 5. The average molecular weight is 414 g/mol. The van der Waals surface area contributed by atoms with Crippen LogP contribution in [0.3, 0.4) is 0 Å². The molecule has 1 aromatic carbocycles. The molecule has 0 bridgehead atoms. The maximum atomic E-state index is 12.3. The van der Waals surface area contributed by atoms with E-state index in [9.17, 15) is 24.0 Å². The van der Waals surface area contributed by atoms with Gasteiger partial charge in [0.15, 0.2) is 0 Å². The third-order valence-electron chi connectivity index (χ3n) is 5.61. The van der Waals surface area contributed by atoms with E-state index >= 15 is 0 Å². The molecule has 0 radical (unpaired) electrons. The number of rotatable bonds is 6. The van der Waals surface area contributed by atoms with Gasteiger partial charge >= 0.3 is 29.8 Å². The molecule has 4 unspecified atom stereocenters. The molecule has 2 heterocycles. The van der Waals surface area contributed by atoms with Crippen LogP contribution in [0.4, 0.5) is 0 Å². The summed E-state index contributed by atoms with van der Waals surface area (Å²) in [5.41, 5.74) is 1.21. The third kappa shape index (κ3) is 3.47. The molecule has 0 N–H and O–H groups in total. The monoisotopic (exact) mass is 414 g/mol. The normalized spacial score (nSPS) is 27.1. The molecule has 0 amide bonds. The Morgan fingerprint density at radius 2 is 1.77 bits per heavy atom. The fraction of sp³-hybridized carbons (Fsp3) is 0.381. The lowest BCUT2D eigenvalue weighted by atomic mass is 9.67. The van der Waals surface area contributed by atoms with E-state index in [4.69, 9.17) is 14.2 Å². The molecule has 9 nitrogen and oxygen atoms in total. The SMILES string of the molecule is C=CC(=O)OCCOc1ccc2c(c1)C1C(=O)OC(=O)C1CC2C1CC(=O)OC1=O. The molecule has 2 fully saturated rings. The van der Waals surface area contributed by atoms with Crippen LogP contribution in [0.15, 0.2) is 30.9 Å². The van der Waals surface area contributed by atoms with Crippen molar-refractivity contribution in [2.24, 2.45) is 11.8 Å². The number of ether oxygens (including phenoxy) is 4. The first-order chi connectivity index (χ1) is 14.4. The highest BCUT2D eigenvalue weighted by atomic mass is 16.6. The summed E-state index contributed by atoms with van der Waals surface area (Å²) in [6.07, 6.45) is 1.18. The summed E-state index contributed by atoms with van der Waals surface area (Å²) in [6, 6.07) is 5.00. The van der Waals surface area contributed by atoms with Gasteiger partial charge in [0.2, 0.25) is 0 Å². The number of hydrogen-bond acceptors (Lipinski definition) is 9. The minimum atomic E-state index is -0.793. The Hall–Kier alpha value is -3.49. The number of benzene rings is 1. The summed E-state index contributed by atoms with van der Waals surface area (Å²) < 4.78 is 19.9. The Kier molecular flexibility index (Phi) is 5.11. The van der Waals surface area contributed by atoms with Crippen molar-refractivity contribution in [3.63, 3.8) is 0 Å². The van der Waals surface area contributed by atoms with Gasteiger partial charge in [-0.05, 0) is 35.6 Å². The van der Waals surface area contributed by atoms with Crippen LogP contribution in [-0.2, 0) is 38.2 Å². The zero-order valence-corrected chi connectivity index (χ0v) is 15.8. The number of esters is 5.